The van der Waals surface area contributed by atoms with E-state index >= 15 is 0 Å². The van der Waals surface area contributed by atoms with E-state index in [0.717, 1.165) is 16.7 Å². The van der Waals surface area contributed by atoms with Crippen LogP contribution in [0.4, 0.5) is 0 Å². The molecule has 1 fully saturated rings. The van der Waals surface area contributed by atoms with Crippen molar-refractivity contribution in [3.05, 3.63) is 60.2 Å². The standard InChI is InChI=1S/C20H22N2O3/c21-17(19(23)22-12-4-7-18(22)20(24)25)13-14-8-10-16(11-9-14)15-5-2-1-3-6-15/h1-3,5-6,8-11,17-18H,4,7,12-13,21H2,(H,24,25)/t17-,18-/m0/s1. The van der Waals surface area contributed by atoms with E-state index in [9.17, 15) is 14.7 Å². The summed E-state index contributed by atoms with van der Waals surface area (Å²) in [7, 11) is 0. The minimum Gasteiger partial charge on any atom is -0.480 e. The lowest BCUT2D eigenvalue weighted by Gasteiger charge is -2.24. The Morgan fingerprint density at radius 3 is 2.36 bits per heavy atom. The van der Waals surface area contributed by atoms with Gasteiger partial charge < -0.3 is 15.7 Å². The number of nitrogens with two attached hydrogens (primary N) is 1. The molecule has 1 aliphatic rings. The molecule has 0 saturated carbocycles. The molecule has 0 aromatic heterocycles. The van der Waals surface area contributed by atoms with Gasteiger partial charge in [-0.2, -0.15) is 0 Å². The smallest absolute Gasteiger partial charge is 0.326 e. The molecule has 2 atom stereocenters. The van der Waals surface area contributed by atoms with Crippen molar-refractivity contribution in [3.63, 3.8) is 0 Å². The van der Waals surface area contributed by atoms with Crippen molar-refractivity contribution in [1.82, 2.24) is 4.90 Å². The second-order valence-electron chi connectivity index (χ2n) is 6.40. The number of hydrogen-bond donors (Lipinski definition) is 2. The number of nitrogens with zero attached hydrogens (tertiary/aromatic N) is 1. The van der Waals surface area contributed by atoms with Crippen LogP contribution in [-0.4, -0.2) is 40.5 Å². The van der Waals surface area contributed by atoms with Crippen molar-refractivity contribution in [3.8, 4) is 11.1 Å². The second-order valence-corrected chi connectivity index (χ2v) is 6.40. The number of benzene rings is 2. The van der Waals surface area contributed by atoms with E-state index < -0.39 is 18.1 Å². The highest BCUT2D eigenvalue weighted by Gasteiger charge is 2.35. The van der Waals surface area contributed by atoms with E-state index in [1.807, 2.05) is 54.6 Å². The molecule has 0 aliphatic carbocycles. The van der Waals surface area contributed by atoms with Crippen LogP contribution in [-0.2, 0) is 16.0 Å². The summed E-state index contributed by atoms with van der Waals surface area (Å²) in [6.45, 7) is 0.469. The van der Waals surface area contributed by atoms with Crippen LogP contribution in [0.5, 0.6) is 0 Å². The van der Waals surface area contributed by atoms with Gasteiger partial charge in [-0.3, -0.25) is 4.79 Å². The molecule has 2 aromatic carbocycles. The Kier molecular flexibility index (Phi) is 5.14. The van der Waals surface area contributed by atoms with Crippen molar-refractivity contribution >= 4 is 11.9 Å². The zero-order valence-electron chi connectivity index (χ0n) is 14.0. The first-order valence-corrected chi connectivity index (χ1v) is 8.49. The van der Waals surface area contributed by atoms with E-state index in [0.29, 0.717) is 25.8 Å². The summed E-state index contributed by atoms with van der Waals surface area (Å²) in [5, 5.41) is 9.21. The number of amides is 1. The average Bonchev–Trinajstić information content (AvgIpc) is 3.12. The average molecular weight is 338 g/mol. The van der Waals surface area contributed by atoms with Gasteiger partial charge in [0.1, 0.15) is 6.04 Å². The molecule has 0 radical (unpaired) electrons. The first-order valence-electron chi connectivity index (χ1n) is 8.49. The van der Waals surface area contributed by atoms with Crippen LogP contribution < -0.4 is 5.73 Å². The molecule has 2 aromatic rings. The zero-order chi connectivity index (χ0) is 17.8. The van der Waals surface area contributed by atoms with E-state index in [2.05, 4.69) is 0 Å². The Bertz CT molecular complexity index is 743. The Balaban J connectivity index is 1.65. The number of carbonyl (C=O) groups excluding carboxylic acids is 1. The number of aliphatic carboxylic acids is 1. The molecule has 0 bridgehead atoms. The van der Waals surface area contributed by atoms with Crippen LogP contribution in [0.1, 0.15) is 18.4 Å². The molecular formula is C20H22N2O3. The number of hydrogen-bond acceptors (Lipinski definition) is 3. The fraction of sp³-hybridized carbons (Fsp3) is 0.300. The maximum atomic E-state index is 12.5. The Hall–Kier alpha value is -2.66. The Labute approximate surface area is 147 Å². The lowest BCUT2D eigenvalue weighted by Crippen LogP contribution is -2.49. The summed E-state index contributed by atoms with van der Waals surface area (Å²) in [5.41, 5.74) is 9.26. The van der Waals surface area contributed by atoms with Crippen LogP contribution in [0.2, 0.25) is 0 Å². The van der Waals surface area contributed by atoms with Gasteiger partial charge in [0.05, 0.1) is 6.04 Å². The summed E-state index contributed by atoms with van der Waals surface area (Å²) in [6.07, 6.45) is 1.61. The molecular weight excluding hydrogens is 316 g/mol. The van der Waals surface area contributed by atoms with Gasteiger partial charge in [0, 0.05) is 6.54 Å². The van der Waals surface area contributed by atoms with Gasteiger partial charge in [-0.25, -0.2) is 4.79 Å². The monoisotopic (exact) mass is 338 g/mol. The third-order valence-electron chi connectivity index (χ3n) is 4.65. The molecule has 3 rings (SSSR count). The fourth-order valence-electron chi connectivity index (χ4n) is 3.31. The molecule has 25 heavy (non-hydrogen) atoms. The van der Waals surface area contributed by atoms with E-state index in [-0.39, 0.29) is 5.91 Å². The van der Waals surface area contributed by atoms with E-state index in [1.54, 1.807) is 0 Å². The first-order chi connectivity index (χ1) is 12.1. The largest absolute Gasteiger partial charge is 0.480 e. The summed E-state index contributed by atoms with van der Waals surface area (Å²) < 4.78 is 0. The van der Waals surface area contributed by atoms with Crippen molar-refractivity contribution in [2.45, 2.75) is 31.3 Å². The fourth-order valence-corrected chi connectivity index (χ4v) is 3.31. The van der Waals surface area contributed by atoms with Crippen LogP contribution in [0.15, 0.2) is 54.6 Å². The van der Waals surface area contributed by atoms with Crippen molar-refractivity contribution in [2.75, 3.05) is 6.54 Å². The lowest BCUT2D eigenvalue weighted by molar-refractivity contribution is -0.148. The number of carbonyl (C=O) groups is 2. The van der Waals surface area contributed by atoms with Crippen molar-refractivity contribution in [2.24, 2.45) is 5.73 Å². The topological polar surface area (TPSA) is 83.6 Å². The van der Waals surface area contributed by atoms with Crippen molar-refractivity contribution < 1.29 is 14.7 Å². The van der Waals surface area contributed by atoms with Crippen LogP contribution >= 0.6 is 0 Å². The highest BCUT2D eigenvalue weighted by atomic mass is 16.4. The minimum atomic E-state index is -0.953. The highest BCUT2D eigenvalue weighted by molar-refractivity contribution is 5.87. The minimum absolute atomic E-state index is 0.281. The molecule has 1 amide bonds. The molecule has 0 spiro atoms. The lowest BCUT2D eigenvalue weighted by atomic mass is 10.0. The molecule has 1 saturated heterocycles. The summed E-state index contributed by atoms with van der Waals surface area (Å²) in [5.74, 6) is -1.23. The third kappa shape index (κ3) is 3.88. The Morgan fingerprint density at radius 1 is 1.08 bits per heavy atom. The van der Waals surface area contributed by atoms with Crippen molar-refractivity contribution in [1.29, 1.82) is 0 Å². The van der Waals surface area contributed by atoms with Gasteiger partial charge in [0.2, 0.25) is 5.91 Å². The zero-order valence-corrected chi connectivity index (χ0v) is 14.0. The third-order valence-corrected chi connectivity index (χ3v) is 4.65. The van der Waals surface area contributed by atoms with E-state index in [4.69, 9.17) is 5.73 Å². The van der Waals surface area contributed by atoms with Gasteiger partial charge in [-0.05, 0) is 36.0 Å². The summed E-state index contributed by atoms with van der Waals surface area (Å²) >= 11 is 0. The second kappa shape index (κ2) is 7.49. The summed E-state index contributed by atoms with van der Waals surface area (Å²) in [4.78, 5) is 25.1. The predicted octanol–water partition coefficient (Wildman–Crippen LogP) is 2.30. The molecule has 5 heteroatoms. The van der Waals surface area contributed by atoms with Crippen LogP contribution in [0.3, 0.4) is 0 Å². The molecule has 1 aliphatic heterocycles. The molecule has 1 heterocycles. The molecule has 130 valence electrons. The van der Waals surface area contributed by atoms with E-state index in [1.165, 1.54) is 4.90 Å². The molecule has 0 unspecified atom stereocenters. The van der Waals surface area contributed by atoms with Crippen LogP contribution in [0.25, 0.3) is 11.1 Å². The Morgan fingerprint density at radius 2 is 1.72 bits per heavy atom. The normalized spacial score (nSPS) is 18.1. The molecule has 5 nitrogen and oxygen atoms in total. The maximum absolute atomic E-state index is 12.5. The maximum Gasteiger partial charge on any atom is 0.326 e. The molecule has 3 N–H and O–H groups in total. The van der Waals surface area contributed by atoms with Crippen LogP contribution in [0, 0.1) is 0 Å². The predicted molar refractivity (Wildman–Crippen MR) is 95.9 cm³/mol. The number of carboxylic acids is 1. The first kappa shape index (κ1) is 17.2. The van der Waals surface area contributed by atoms with Gasteiger partial charge in [0.15, 0.2) is 0 Å². The number of rotatable bonds is 5. The van der Waals surface area contributed by atoms with Gasteiger partial charge in [-0.15, -0.1) is 0 Å². The van der Waals surface area contributed by atoms with Gasteiger partial charge in [-0.1, -0.05) is 54.6 Å². The highest BCUT2D eigenvalue weighted by Crippen LogP contribution is 2.21. The summed E-state index contributed by atoms with van der Waals surface area (Å²) in [6, 6.07) is 16.6. The number of carboxylic acid groups (broad SMARTS) is 1. The van der Waals surface area contributed by atoms with Gasteiger partial charge in [0.25, 0.3) is 0 Å². The number of likely N-dealkylation sites (tertiary alicyclic amines) is 1. The van der Waals surface area contributed by atoms with Gasteiger partial charge >= 0.3 is 5.97 Å². The SMILES string of the molecule is N[C@@H](Cc1ccc(-c2ccccc2)cc1)C(=O)N1CCC[C@H]1C(=O)O. The quantitative estimate of drug-likeness (QED) is 0.876.